The van der Waals surface area contributed by atoms with E-state index in [-0.39, 0.29) is 11.9 Å². The minimum absolute atomic E-state index is 0.157. The third-order valence-electron chi connectivity index (χ3n) is 2.60. The normalized spacial score (nSPS) is 10.8. The van der Waals surface area contributed by atoms with Crippen molar-refractivity contribution in [3.63, 3.8) is 0 Å². The molecule has 0 bridgehead atoms. The molecular weight excluding hydrogens is 266 g/mol. The predicted molar refractivity (Wildman–Crippen MR) is 84.9 cm³/mol. The first-order chi connectivity index (χ1) is 10.0. The molecule has 0 fully saturated rings. The topological polar surface area (TPSA) is 61.4 Å². The number of nitrogens with one attached hydrogen (secondary N) is 2. The smallest absolute Gasteiger partial charge is 0.321 e. The highest BCUT2D eigenvalue weighted by Gasteiger charge is 2.04. The first-order valence-corrected chi connectivity index (χ1v) is 6.67. The van der Waals surface area contributed by atoms with Gasteiger partial charge in [-0.2, -0.15) is 0 Å². The van der Waals surface area contributed by atoms with Crippen molar-refractivity contribution in [3.05, 3.63) is 54.1 Å². The van der Waals surface area contributed by atoms with Crippen molar-refractivity contribution < 1.29 is 9.59 Å². The summed E-state index contributed by atoms with van der Waals surface area (Å²) in [7, 11) is 3.35. The number of hydrogen-bond donors (Lipinski definition) is 2. The van der Waals surface area contributed by atoms with Gasteiger partial charge in [-0.05, 0) is 24.6 Å². The fraction of sp³-hybridized carbons (Fsp3) is 0.250. The predicted octanol–water partition coefficient (Wildman–Crippen LogP) is 2.53. The zero-order chi connectivity index (χ0) is 15.7. The summed E-state index contributed by atoms with van der Waals surface area (Å²) in [5, 5.41) is 5.54. The minimum Gasteiger partial charge on any atom is -0.348 e. The molecule has 0 spiro atoms. The first kappa shape index (κ1) is 16.5. The van der Waals surface area contributed by atoms with Gasteiger partial charge in [-0.25, -0.2) is 4.79 Å². The number of benzene rings is 1. The molecule has 0 saturated carbocycles. The maximum absolute atomic E-state index is 11.6. The van der Waals surface area contributed by atoms with Crippen molar-refractivity contribution in [1.29, 1.82) is 0 Å². The van der Waals surface area contributed by atoms with Crippen molar-refractivity contribution in [2.75, 3.05) is 19.4 Å². The lowest BCUT2D eigenvalue weighted by molar-refractivity contribution is -0.116. The molecule has 0 aliphatic heterocycles. The van der Waals surface area contributed by atoms with Gasteiger partial charge in [0.05, 0.1) is 0 Å². The number of hydrogen-bond acceptors (Lipinski definition) is 2. The molecule has 1 rings (SSSR count). The van der Waals surface area contributed by atoms with Gasteiger partial charge in [0.15, 0.2) is 0 Å². The molecular formula is C16H21N3O2. The van der Waals surface area contributed by atoms with Crippen LogP contribution in [0.2, 0.25) is 0 Å². The fourth-order valence-corrected chi connectivity index (χ4v) is 1.50. The second-order valence-electron chi connectivity index (χ2n) is 4.63. The largest absolute Gasteiger partial charge is 0.348 e. The summed E-state index contributed by atoms with van der Waals surface area (Å²) in [6.07, 6.45) is 6.79. The molecule has 0 saturated heterocycles. The van der Waals surface area contributed by atoms with Crippen LogP contribution in [0, 0.1) is 0 Å². The van der Waals surface area contributed by atoms with E-state index in [0.717, 1.165) is 5.56 Å². The third-order valence-corrected chi connectivity index (χ3v) is 2.60. The van der Waals surface area contributed by atoms with Gasteiger partial charge in [0.25, 0.3) is 0 Å². The van der Waals surface area contributed by atoms with Crippen LogP contribution >= 0.6 is 0 Å². The molecule has 1 aromatic rings. The molecule has 5 nitrogen and oxygen atoms in total. The Morgan fingerprint density at radius 2 is 2.00 bits per heavy atom. The summed E-state index contributed by atoms with van der Waals surface area (Å²) in [4.78, 5) is 24.6. The molecule has 0 radical (unpaired) electrons. The van der Waals surface area contributed by atoms with Gasteiger partial charge in [0, 0.05) is 32.4 Å². The number of urea groups is 1. The molecule has 0 aromatic heterocycles. The van der Waals surface area contributed by atoms with Gasteiger partial charge < -0.3 is 15.5 Å². The molecule has 5 heteroatoms. The van der Waals surface area contributed by atoms with Crippen LogP contribution in [-0.4, -0.2) is 30.9 Å². The van der Waals surface area contributed by atoms with Crippen molar-refractivity contribution in [2.45, 2.75) is 13.5 Å². The number of anilines is 1. The monoisotopic (exact) mass is 287 g/mol. The highest BCUT2D eigenvalue weighted by Crippen LogP contribution is 2.11. The van der Waals surface area contributed by atoms with E-state index in [4.69, 9.17) is 0 Å². The second kappa shape index (κ2) is 8.58. The number of rotatable bonds is 5. The summed E-state index contributed by atoms with van der Waals surface area (Å²) in [5.74, 6) is -0.157. The van der Waals surface area contributed by atoms with E-state index in [2.05, 4.69) is 10.6 Å². The molecule has 0 unspecified atom stereocenters. The van der Waals surface area contributed by atoms with Crippen LogP contribution in [0.25, 0.3) is 0 Å². The average molecular weight is 287 g/mol. The quantitative estimate of drug-likeness (QED) is 0.646. The number of nitrogens with zero attached hydrogens (tertiary/aromatic N) is 1. The van der Waals surface area contributed by atoms with Crippen LogP contribution in [0.3, 0.4) is 0 Å². The molecule has 112 valence electrons. The summed E-state index contributed by atoms with van der Waals surface area (Å²) >= 11 is 0. The van der Waals surface area contributed by atoms with Gasteiger partial charge in [-0.1, -0.05) is 30.4 Å². The Bertz CT molecular complexity index is 548. The maximum Gasteiger partial charge on any atom is 0.321 e. The van der Waals surface area contributed by atoms with Crippen LogP contribution in [-0.2, 0) is 11.3 Å². The Labute approximate surface area is 125 Å². The molecule has 1 aromatic carbocycles. The van der Waals surface area contributed by atoms with Gasteiger partial charge >= 0.3 is 6.03 Å². The minimum atomic E-state index is -0.189. The van der Waals surface area contributed by atoms with Crippen molar-refractivity contribution >= 4 is 17.6 Å². The van der Waals surface area contributed by atoms with Gasteiger partial charge in [0.1, 0.15) is 0 Å². The van der Waals surface area contributed by atoms with E-state index in [9.17, 15) is 9.59 Å². The van der Waals surface area contributed by atoms with Crippen LogP contribution < -0.4 is 10.6 Å². The van der Waals surface area contributed by atoms with Crippen molar-refractivity contribution in [2.24, 2.45) is 0 Å². The number of carbonyl (C=O) groups is 2. The third kappa shape index (κ3) is 6.42. The number of amides is 3. The molecule has 21 heavy (non-hydrogen) atoms. The van der Waals surface area contributed by atoms with Crippen LogP contribution in [0.5, 0.6) is 0 Å². The zero-order valence-corrected chi connectivity index (χ0v) is 12.6. The van der Waals surface area contributed by atoms with Crippen LogP contribution in [0.4, 0.5) is 10.5 Å². The Kier molecular flexibility index (Phi) is 6.74. The van der Waals surface area contributed by atoms with Crippen LogP contribution in [0.15, 0.2) is 48.6 Å². The van der Waals surface area contributed by atoms with Crippen molar-refractivity contribution in [3.8, 4) is 0 Å². The maximum atomic E-state index is 11.6. The average Bonchev–Trinajstić information content (AvgIpc) is 2.45. The molecule has 0 aliphatic carbocycles. The van der Waals surface area contributed by atoms with E-state index in [0.29, 0.717) is 12.2 Å². The Morgan fingerprint density at radius 3 is 2.67 bits per heavy atom. The van der Waals surface area contributed by atoms with Crippen molar-refractivity contribution in [1.82, 2.24) is 10.2 Å². The summed E-state index contributed by atoms with van der Waals surface area (Å²) in [5.41, 5.74) is 1.62. The lowest BCUT2D eigenvalue weighted by Gasteiger charge is -2.12. The Hall–Kier alpha value is -2.56. The van der Waals surface area contributed by atoms with Gasteiger partial charge in [-0.3, -0.25) is 4.79 Å². The summed E-state index contributed by atoms with van der Waals surface area (Å²) in [6, 6.07) is 7.17. The lowest BCUT2D eigenvalue weighted by atomic mass is 10.2. The highest BCUT2D eigenvalue weighted by atomic mass is 16.2. The summed E-state index contributed by atoms with van der Waals surface area (Å²) < 4.78 is 0. The Balaban J connectivity index is 2.57. The second-order valence-corrected chi connectivity index (χ2v) is 4.63. The van der Waals surface area contributed by atoms with Gasteiger partial charge in [-0.15, -0.1) is 0 Å². The first-order valence-electron chi connectivity index (χ1n) is 6.67. The molecule has 0 atom stereocenters. The summed E-state index contributed by atoms with van der Waals surface area (Å²) in [6.45, 7) is 2.29. The number of carbonyl (C=O) groups excluding carboxylic acids is 2. The van der Waals surface area contributed by atoms with E-state index < -0.39 is 0 Å². The Morgan fingerprint density at radius 1 is 1.24 bits per heavy atom. The molecule has 2 N–H and O–H groups in total. The van der Waals surface area contributed by atoms with E-state index in [1.807, 2.05) is 31.2 Å². The van der Waals surface area contributed by atoms with Crippen LogP contribution in [0.1, 0.15) is 12.5 Å². The SMILES string of the molecule is C/C=C/C=C\C(=O)NCc1cccc(NC(=O)N(C)C)c1. The molecule has 0 aliphatic rings. The van der Waals surface area contributed by atoms with E-state index >= 15 is 0 Å². The standard InChI is InChI=1S/C16H21N3O2/c1-4-5-6-10-15(20)17-12-13-8-7-9-14(11-13)18-16(21)19(2)3/h4-11H,12H2,1-3H3,(H,17,20)(H,18,21)/b5-4+,10-6-. The zero-order valence-electron chi connectivity index (χ0n) is 12.6. The molecule has 3 amide bonds. The number of allylic oxidation sites excluding steroid dienone is 3. The van der Waals surface area contributed by atoms with E-state index in [1.165, 1.54) is 11.0 Å². The molecule has 0 heterocycles. The van der Waals surface area contributed by atoms with Gasteiger partial charge in [0.2, 0.25) is 5.91 Å². The highest BCUT2D eigenvalue weighted by molar-refractivity contribution is 5.89. The lowest BCUT2D eigenvalue weighted by Crippen LogP contribution is -2.27. The van der Waals surface area contributed by atoms with E-state index in [1.54, 1.807) is 32.3 Å². The fourth-order valence-electron chi connectivity index (χ4n) is 1.50.